The average molecular weight is 414 g/mol. The first-order valence-electron chi connectivity index (χ1n) is 10.3. The zero-order valence-electron chi connectivity index (χ0n) is 17.7. The minimum atomic E-state index is -1.23. The lowest BCUT2D eigenvalue weighted by atomic mass is 9.79. The first-order valence-corrected chi connectivity index (χ1v) is 10.3. The summed E-state index contributed by atoms with van der Waals surface area (Å²) in [4.78, 5) is 12.6. The smallest absolute Gasteiger partial charge is 0.324 e. The summed E-state index contributed by atoms with van der Waals surface area (Å²) in [6, 6.07) is 18.1. The van der Waals surface area contributed by atoms with Crippen LogP contribution in [0.5, 0.6) is 0 Å². The Morgan fingerprint density at radius 2 is 1.70 bits per heavy atom. The van der Waals surface area contributed by atoms with Crippen LogP contribution in [0.25, 0.3) is 0 Å². The number of carboxylic acids is 1. The van der Waals surface area contributed by atoms with Crippen molar-refractivity contribution in [2.24, 2.45) is 0 Å². The maximum Gasteiger partial charge on any atom is 0.324 e. The molecular weight excluding hydrogens is 382 g/mol. The Balaban J connectivity index is 2.08. The van der Waals surface area contributed by atoms with Crippen molar-refractivity contribution in [3.8, 4) is 0 Å². The van der Waals surface area contributed by atoms with E-state index in [-0.39, 0.29) is 12.3 Å². The Morgan fingerprint density at radius 3 is 2.17 bits per heavy atom. The highest BCUT2D eigenvalue weighted by molar-refractivity contribution is 5.77. The number of nitrogens with one attached hydrogen (secondary N) is 3. The van der Waals surface area contributed by atoms with Crippen LogP contribution in [0, 0.1) is 0 Å². The van der Waals surface area contributed by atoms with Crippen molar-refractivity contribution in [2.75, 3.05) is 13.7 Å². The molecule has 30 heavy (non-hydrogen) atoms. The van der Waals surface area contributed by atoms with E-state index >= 15 is 0 Å². The van der Waals surface area contributed by atoms with Crippen molar-refractivity contribution in [1.29, 1.82) is 0 Å². The highest BCUT2D eigenvalue weighted by Crippen LogP contribution is 2.37. The number of methoxy groups -OCH3 is 1. The number of hydrogen-bond donors (Lipinski definition) is 4. The van der Waals surface area contributed by atoms with Crippen LogP contribution < -0.4 is 16.0 Å². The molecule has 7 nitrogen and oxygen atoms in total. The number of carbonyl (C=O) groups is 1. The van der Waals surface area contributed by atoms with E-state index in [1.165, 1.54) is 0 Å². The molecule has 1 saturated heterocycles. The molecule has 1 fully saturated rings. The minimum absolute atomic E-state index is 0.151. The molecule has 1 heterocycles. The zero-order valence-corrected chi connectivity index (χ0v) is 17.7. The van der Waals surface area contributed by atoms with Gasteiger partial charge in [0.15, 0.2) is 0 Å². The molecule has 3 rings (SSSR count). The summed E-state index contributed by atoms with van der Waals surface area (Å²) in [6.45, 7) is 4.26. The van der Waals surface area contributed by atoms with Gasteiger partial charge < -0.3 is 14.6 Å². The van der Waals surface area contributed by atoms with E-state index in [9.17, 15) is 9.90 Å². The summed E-state index contributed by atoms with van der Waals surface area (Å²) in [7, 11) is 1.64. The molecule has 0 bridgehead atoms. The first kappa shape index (κ1) is 22.4. The molecule has 4 atom stereocenters. The molecule has 1 aliphatic rings. The summed E-state index contributed by atoms with van der Waals surface area (Å²) in [6.07, 6.45) is 0.135. The van der Waals surface area contributed by atoms with E-state index in [0.29, 0.717) is 6.61 Å². The van der Waals surface area contributed by atoms with Crippen LogP contribution in [0.15, 0.2) is 60.7 Å². The molecule has 0 radical (unpaired) electrons. The molecule has 0 saturated carbocycles. The van der Waals surface area contributed by atoms with Gasteiger partial charge in [-0.15, -0.1) is 0 Å². The predicted molar refractivity (Wildman–Crippen MR) is 115 cm³/mol. The van der Waals surface area contributed by atoms with Crippen LogP contribution in [-0.4, -0.2) is 49.4 Å². The fraction of sp³-hybridized carbons (Fsp3) is 0.435. The van der Waals surface area contributed by atoms with Gasteiger partial charge in [0.25, 0.3) is 0 Å². The molecular formula is C23H31N3O4. The summed E-state index contributed by atoms with van der Waals surface area (Å²) >= 11 is 0. The van der Waals surface area contributed by atoms with Gasteiger partial charge in [0, 0.05) is 26.2 Å². The average Bonchev–Trinajstić information content (AvgIpc) is 2.76. The molecule has 0 spiro atoms. The molecule has 1 aliphatic heterocycles. The van der Waals surface area contributed by atoms with Gasteiger partial charge in [-0.3, -0.25) is 20.7 Å². The molecule has 2 aromatic rings. The number of hydrogen-bond acceptors (Lipinski definition) is 6. The number of benzene rings is 2. The molecule has 2 aromatic carbocycles. The number of carboxylic acid groups (broad SMARTS) is 1. The summed E-state index contributed by atoms with van der Waals surface area (Å²) in [5.41, 5.74) is 0.311. The Kier molecular flexibility index (Phi) is 7.58. The highest BCUT2D eigenvalue weighted by Gasteiger charge is 2.48. The van der Waals surface area contributed by atoms with Crippen LogP contribution in [0.3, 0.4) is 0 Å². The Morgan fingerprint density at radius 1 is 1.13 bits per heavy atom. The van der Waals surface area contributed by atoms with E-state index in [2.05, 4.69) is 16.0 Å². The molecule has 4 N–H and O–H groups in total. The monoisotopic (exact) mass is 413 g/mol. The van der Waals surface area contributed by atoms with Gasteiger partial charge in [-0.05, 0) is 25.0 Å². The Bertz CT molecular complexity index is 763. The van der Waals surface area contributed by atoms with E-state index in [1.807, 2.05) is 74.5 Å². The van der Waals surface area contributed by atoms with Crippen molar-refractivity contribution in [2.45, 2.75) is 50.5 Å². The molecule has 4 unspecified atom stereocenters. The van der Waals surface area contributed by atoms with Crippen molar-refractivity contribution < 1.29 is 19.4 Å². The van der Waals surface area contributed by atoms with E-state index in [1.54, 1.807) is 7.11 Å². The van der Waals surface area contributed by atoms with Crippen LogP contribution in [0.2, 0.25) is 0 Å². The van der Waals surface area contributed by atoms with Crippen LogP contribution in [-0.2, 0) is 19.9 Å². The van der Waals surface area contributed by atoms with Gasteiger partial charge in [-0.2, -0.15) is 0 Å². The second-order valence-electron chi connectivity index (χ2n) is 7.47. The fourth-order valence-electron chi connectivity index (χ4n) is 4.11. The van der Waals surface area contributed by atoms with Gasteiger partial charge >= 0.3 is 5.97 Å². The Labute approximate surface area is 177 Å². The second-order valence-corrected chi connectivity index (χ2v) is 7.47. The van der Waals surface area contributed by atoms with Crippen molar-refractivity contribution >= 4 is 5.97 Å². The zero-order chi connectivity index (χ0) is 21.6. The second kappa shape index (κ2) is 10.1. The minimum Gasteiger partial charge on any atom is -0.480 e. The number of ether oxygens (including phenoxy) is 2. The molecule has 7 heteroatoms. The van der Waals surface area contributed by atoms with Crippen molar-refractivity contribution in [1.82, 2.24) is 16.0 Å². The lowest BCUT2D eigenvalue weighted by Crippen LogP contribution is -2.69. The van der Waals surface area contributed by atoms with E-state index < -0.39 is 23.9 Å². The van der Waals surface area contributed by atoms with Crippen molar-refractivity contribution in [3.05, 3.63) is 71.8 Å². The largest absolute Gasteiger partial charge is 0.480 e. The standard InChI is InChI=1S/C23H31N3O4/c1-4-30-23(17-11-7-5-8-12-17,18-13-9-6-10-14-18)20(21(27)28)26-22-24-16(2)15-19(25-22)29-3/h5-14,16,19-20,22,24-26H,4,15H2,1-3H3,(H,27,28). The SMILES string of the molecule is CCOC(c1ccccc1)(c1ccccc1)C(NC1NC(C)CC(OC)N1)C(=O)O. The third-order valence-corrected chi connectivity index (χ3v) is 5.42. The van der Waals surface area contributed by atoms with Crippen LogP contribution >= 0.6 is 0 Å². The summed E-state index contributed by atoms with van der Waals surface area (Å²) < 4.78 is 11.8. The molecule has 0 aromatic heterocycles. The summed E-state index contributed by atoms with van der Waals surface area (Å²) in [5.74, 6) is -1.01. The molecule has 0 amide bonds. The van der Waals surface area contributed by atoms with Crippen molar-refractivity contribution in [3.63, 3.8) is 0 Å². The van der Waals surface area contributed by atoms with Gasteiger partial charge in [0.1, 0.15) is 24.2 Å². The molecule has 0 aliphatic carbocycles. The van der Waals surface area contributed by atoms with Crippen LogP contribution in [0.4, 0.5) is 0 Å². The van der Waals surface area contributed by atoms with E-state index in [4.69, 9.17) is 9.47 Å². The lowest BCUT2D eigenvalue weighted by Gasteiger charge is -2.43. The van der Waals surface area contributed by atoms with Gasteiger partial charge in [-0.25, -0.2) is 0 Å². The normalized spacial score (nSPS) is 23.1. The lowest BCUT2D eigenvalue weighted by molar-refractivity contribution is -0.151. The Hall–Kier alpha value is -2.29. The van der Waals surface area contributed by atoms with E-state index in [0.717, 1.165) is 17.5 Å². The third-order valence-electron chi connectivity index (χ3n) is 5.42. The maximum absolute atomic E-state index is 12.6. The fourth-order valence-corrected chi connectivity index (χ4v) is 4.11. The summed E-state index contributed by atoms with van der Waals surface area (Å²) in [5, 5.41) is 20.2. The predicted octanol–water partition coefficient (Wildman–Crippen LogP) is 2.24. The van der Waals surface area contributed by atoms with Gasteiger partial charge in [0.2, 0.25) is 0 Å². The van der Waals surface area contributed by atoms with Gasteiger partial charge in [0.05, 0.1) is 0 Å². The van der Waals surface area contributed by atoms with Gasteiger partial charge in [-0.1, -0.05) is 60.7 Å². The third kappa shape index (κ3) is 4.71. The first-order chi connectivity index (χ1) is 14.5. The topological polar surface area (TPSA) is 91.9 Å². The molecule has 162 valence electrons. The van der Waals surface area contributed by atoms with Crippen LogP contribution in [0.1, 0.15) is 31.4 Å². The number of aliphatic carboxylic acids is 1. The maximum atomic E-state index is 12.6. The quantitative estimate of drug-likeness (QED) is 0.501. The number of rotatable bonds is 9. The highest BCUT2D eigenvalue weighted by atomic mass is 16.5.